The van der Waals surface area contributed by atoms with Crippen LogP contribution in [0, 0.1) is 0 Å². The quantitative estimate of drug-likeness (QED) is 0.510. The highest BCUT2D eigenvalue weighted by Gasteiger charge is 2.38. The average Bonchev–Trinajstić information content (AvgIpc) is 3.45. The highest BCUT2D eigenvalue weighted by atomic mass is 16.2. The van der Waals surface area contributed by atoms with Crippen molar-refractivity contribution in [1.82, 2.24) is 29.3 Å². The lowest BCUT2D eigenvalue weighted by Gasteiger charge is -2.39. The van der Waals surface area contributed by atoms with Crippen LogP contribution in [0.5, 0.6) is 0 Å². The molecule has 1 aromatic carbocycles. The van der Waals surface area contributed by atoms with Crippen molar-refractivity contribution in [1.29, 1.82) is 0 Å². The summed E-state index contributed by atoms with van der Waals surface area (Å²) in [4.78, 5) is 30.6. The lowest BCUT2D eigenvalue weighted by molar-refractivity contribution is -0.119. The van der Waals surface area contributed by atoms with Gasteiger partial charge in [0.05, 0.1) is 18.1 Å². The molecule has 1 amide bonds. The van der Waals surface area contributed by atoms with Crippen LogP contribution in [0.1, 0.15) is 13.3 Å². The molecule has 4 heterocycles. The number of benzene rings is 1. The number of hydrogen-bond acceptors (Lipinski definition) is 6. The predicted molar refractivity (Wildman–Crippen MR) is 117 cm³/mol. The summed E-state index contributed by atoms with van der Waals surface area (Å²) in [6.07, 6.45) is 9.54. The summed E-state index contributed by atoms with van der Waals surface area (Å²) in [6, 6.07) is 9.53. The molecule has 0 spiro atoms. The molecule has 9 nitrogen and oxygen atoms in total. The molecule has 9 heteroatoms. The van der Waals surface area contributed by atoms with Gasteiger partial charge in [0.2, 0.25) is 11.9 Å². The first-order valence-corrected chi connectivity index (χ1v) is 10.1. The van der Waals surface area contributed by atoms with Gasteiger partial charge >= 0.3 is 0 Å². The molecule has 1 atom stereocenters. The number of fused-ring (bicyclic) bond motifs is 1. The van der Waals surface area contributed by atoms with Crippen LogP contribution in [-0.2, 0) is 11.8 Å². The van der Waals surface area contributed by atoms with Crippen molar-refractivity contribution in [3.63, 3.8) is 0 Å². The summed E-state index contributed by atoms with van der Waals surface area (Å²) >= 11 is 0. The third kappa shape index (κ3) is 3.05. The monoisotopic (exact) mass is 414 g/mol. The summed E-state index contributed by atoms with van der Waals surface area (Å²) in [5.74, 6) is 1.91. The zero-order valence-electron chi connectivity index (χ0n) is 17.5. The Morgan fingerprint density at radius 3 is 2.58 bits per heavy atom. The molecular weight excluding hydrogens is 392 g/mol. The van der Waals surface area contributed by atoms with Crippen molar-refractivity contribution in [3.05, 3.63) is 61.3 Å². The van der Waals surface area contributed by atoms with Crippen molar-refractivity contribution >= 4 is 23.1 Å². The van der Waals surface area contributed by atoms with Crippen LogP contribution in [0.4, 0.5) is 17.2 Å². The molecule has 0 fully saturated rings. The number of likely N-dealkylation sites (N-methyl/N-ethyl adjacent to an activating group) is 1. The second kappa shape index (κ2) is 7.35. The standard InChI is InChI=1S/C22H22N8O/c1-4-17-21(31)28(3)18-13-24-22(26-20(18)30(17)16-12-25-27(2)14-16)29-11-10-23-19(29)15-8-6-5-7-9-15/h5-14,17H,4H2,1-3H3/t17-/m1/s1. The third-order valence-electron chi connectivity index (χ3n) is 5.50. The van der Waals surface area contributed by atoms with Gasteiger partial charge in [-0.05, 0) is 6.42 Å². The largest absolute Gasteiger partial charge is 0.309 e. The fourth-order valence-electron chi connectivity index (χ4n) is 3.95. The van der Waals surface area contributed by atoms with E-state index in [2.05, 4.69) is 15.1 Å². The lowest BCUT2D eigenvalue weighted by atomic mass is 10.1. The minimum Gasteiger partial charge on any atom is -0.309 e. The number of hydrogen-bond donors (Lipinski definition) is 0. The SMILES string of the molecule is CC[C@@H]1C(=O)N(C)c2cnc(-n3ccnc3-c3ccccc3)nc2N1c1cnn(C)c1. The Balaban J connectivity index is 1.68. The lowest BCUT2D eigenvalue weighted by Crippen LogP contribution is -2.50. The summed E-state index contributed by atoms with van der Waals surface area (Å²) in [5, 5.41) is 4.30. The van der Waals surface area contributed by atoms with Gasteiger partial charge in [0.1, 0.15) is 17.6 Å². The van der Waals surface area contributed by atoms with Crippen LogP contribution in [0.3, 0.4) is 0 Å². The summed E-state index contributed by atoms with van der Waals surface area (Å²) in [5.41, 5.74) is 2.44. The molecule has 0 unspecified atom stereocenters. The van der Waals surface area contributed by atoms with Crippen LogP contribution < -0.4 is 9.80 Å². The van der Waals surface area contributed by atoms with E-state index in [-0.39, 0.29) is 11.9 Å². The Hall–Kier alpha value is -4.01. The maximum Gasteiger partial charge on any atom is 0.250 e. The van der Waals surface area contributed by atoms with Gasteiger partial charge in [0.25, 0.3) is 0 Å². The maximum absolute atomic E-state index is 13.0. The van der Waals surface area contributed by atoms with E-state index >= 15 is 0 Å². The second-order valence-electron chi connectivity index (χ2n) is 7.43. The first-order valence-electron chi connectivity index (χ1n) is 10.1. The predicted octanol–water partition coefficient (Wildman–Crippen LogP) is 2.96. The minimum absolute atomic E-state index is 0.00260. The topological polar surface area (TPSA) is 85.0 Å². The number of aromatic nitrogens is 6. The van der Waals surface area contributed by atoms with Crippen molar-refractivity contribution < 1.29 is 4.79 Å². The van der Waals surface area contributed by atoms with Gasteiger partial charge in [-0.25, -0.2) is 9.97 Å². The van der Waals surface area contributed by atoms with Gasteiger partial charge < -0.3 is 9.80 Å². The molecule has 156 valence electrons. The Kier molecular flexibility index (Phi) is 4.50. The number of aryl methyl sites for hydroxylation is 1. The molecule has 0 radical (unpaired) electrons. The highest BCUT2D eigenvalue weighted by Crippen LogP contribution is 2.39. The number of rotatable bonds is 4. The van der Waals surface area contributed by atoms with E-state index in [1.165, 1.54) is 0 Å². The third-order valence-corrected chi connectivity index (χ3v) is 5.50. The molecule has 0 saturated carbocycles. The Labute approximate surface area is 179 Å². The molecule has 0 bridgehead atoms. The normalized spacial score (nSPS) is 16.0. The average molecular weight is 414 g/mol. The van der Waals surface area contributed by atoms with Crippen LogP contribution in [0.2, 0.25) is 0 Å². The minimum atomic E-state index is -0.374. The molecule has 0 N–H and O–H groups in total. The fourth-order valence-corrected chi connectivity index (χ4v) is 3.95. The first kappa shape index (κ1) is 19.0. The highest BCUT2D eigenvalue weighted by molar-refractivity contribution is 6.06. The zero-order valence-corrected chi connectivity index (χ0v) is 17.5. The molecule has 31 heavy (non-hydrogen) atoms. The van der Waals surface area contributed by atoms with Crippen molar-refractivity contribution in [2.45, 2.75) is 19.4 Å². The number of imidazole rings is 1. The number of amides is 1. The Bertz CT molecular complexity index is 1250. The van der Waals surface area contributed by atoms with Gasteiger partial charge in [-0.3, -0.25) is 14.0 Å². The van der Waals surface area contributed by atoms with E-state index in [0.29, 0.717) is 23.9 Å². The summed E-state index contributed by atoms with van der Waals surface area (Å²) in [6.45, 7) is 2.00. The summed E-state index contributed by atoms with van der Waals surface area (Å²) < 4.78 is 3.57. The van der Waals surface area contributed by atoms with Crippen molar-refractivity contribution in [2.75, 3.05) is 16.8 Å². The second-order valence-corrected chi connectivity index (χ2v) is 7.43. The molecular formula is C22H22N8O. The van der Waals surface area contributed by atoms with Crippen LogP contribution in [0.25, 0.3) is 17.3 Å². The van der Waals surface area contributed by atoms with E-state index in [9.17, 15) is 4.79 Å². The molecule has 5 rings (SSSR count). The van der Waals surface area contributed by atoms with Crippen molar-refractivity contribution in [3.8, 4) is 17.3 Å². The fraction of sp³-hybridized carbons (Fsp3) is 0.227. The van der Waals surface area contributed by atoms with Crippen LogP contribution in [0.15, 0.2) is 61.3 Å². The molecule has 4 aromatic rings. The van der Waals surface area contributed by atoms with Gasteiger partial charge in [-0.1, -0.05) is 37.3 Å². The Morgan fingerprint density at radius 1 is 1.06 bits per heavy atom. The van der Waals surface area contributed by atoms with E-state index < -0.39 is 0 Å². The smallest absolute Gasteiger partial charge is 0.250 e. The van der Waals surface area contributed by atoms with E-state index in [0.717, 1.165) is 17.1 Å². The van der Waals surface area contributed by atoms with Crippen molar-refractivity contribution in [2.24, 2.45) is 7.05 Å². The Morgan fingerprint density at radius 2 is 1.87 bits per heavy atom. The van der Waals surface area contributed by atoms with E-state index in [4.69, 9.17) is 4.98 Å². The maximum atomic E-state index is 13.0. The van der Waals surface area contributed by atoms with Gasteiger partial charge in [-0.2, -0.15) is 10.1 Å². The number of anilines is 3. The number of carbonyl (C=O) groups is 1. The molecule has 1 aliphatic heterocycles. The summed E-state index contributed by atoms with van der Waals surface area (Å²) in [7, 11) is 3.62. The molecule has 3 aromatic heterocycles. The first-order chi connectivity index (χ1) is 15.1. The molecule has 0 saturated heterocycles. The van der Waals surface area contributed by atoms with Gasteiger partial charge in [-0.15, -0.1) is 0 Å². The molecule has 0 aliphatic carbocycles. The van der Waals surface area contributed by atoms with E-state index in [1.54, 1.807) is 35.2 Å². The van der Waals surface area contributed by atoms with Gasteiger partial charge in [0, 0.05) is 38.2 Å². The molecule has 1 aliphatic rings. The van der Waals surface area contributed by atoms with Crippen LogP contribution in [-0.4, -0.2) is 48.3 Å². The zero-order chi connectivity index (χ0) is 21.5. The number of nitrogens with zero attached hydrogens (tertiary/aromatic N) is 8. The van der Waals surface area contributed by atoms with Gasteiger partial charge in [0.15, 0.2) is 5.82 Å². The number of carbonyl (C=O) groups excluding carboxylic acids is 1. The van der Waals surface area contributed by atoms with E-state index in [1.807, 2.05) is 66.2 Å². The van der Waals surface area contributed by atoms with Crippen LogP contribution >= 0.6 is 0 Å².